The van der Waals surface area contributed by atoms with Gasteiger partial charge in [-0.25, -0.2) is 0 Å². The van der Waals surface area contributed by atoms with Crippen molar-refractivity contribution < 1.29 is 9.21 Å². The van der Waals surface area contributed by atoms with Crippen molar-refractivity contribution in [1.82, 2.24) is 5.32 Å². The van der Waals surface area contributed by atoms with Gasteiger partial charge in [0.1, 0.15) is 5.76 Å². The van der Waals surface area contributed by atoms with Gasteiger partial charge >= 0.3 is 0 Å². The van der Waals surface area contributed by atoms with E-state index in [-0.39, 0.29) is 5.91 Å². The maximum Gasteiger partial charge on any atom is 0.251 e. The Labute approximate surface area is 115 Å². The van der Waals surface area contributed by atoms with Crippen LogP contribution in [0.1, 0.15) is 33.3 Å². The Morgan fingerprint density at radius 1 is 1.32 bits per heavy atom. The first-order valence-corrected chi connectivity index (χ1v) is 6.45. The molecule has 0 spiro atoms. The monoisotopic (exact) mass is 276 g/mol. The molecule has 1 aliphatic rings. The lowest BCUT2D eigenvalue weighted by Gasteiger charge is -2.18. The van der Waals surface area contributed by atoms with Crippen molar-refractivity contribution in [3.63, 3.8) is 0 Å². The van der Waals surface area contributed by atoms with E-state index < -0.39 is 6.04 Å². The minimum Gasteiger partial charge on any atom is -0.448 e. The molecule has 3 N–H and O–H groups in total. The van der Waals surface area contributed by atoms with E-state index in [4.69, 9.17) is 21.8 Å². The van der Waals surface area contributed by atoms with Crippen LogP contribution in [0.2, 0.25) is 5.22 Å². The van der Waals surface area contributed by atoms with E-state index in [0.29, 0.717) is 23.1 Å². The van der Waals surface area contributed by atoms with Crippen LogP contribution in [-0.4, -0.2) is 12.5 Å². The summed E-state index contributed by atoms with van der Waals surface area (Å²) >= 11 is 5.74. The SMILES string of the molecule is NC(c1ccc2c(c1)C(=O)NCC2)c1ccc(Cl)o1. The van der Waals surface area contributed by atoms with E-state index in [1.54, 1.807) is 12.1 Å². The molecule has 0 radical (unpaired) electrons. The molecule has 1 amide bonds. The Morgan fingerprint density at radius 3 is 2.89 bits per heavy atom. The number of fused-ring (bicyclic) bond motifs is 1. The largest absolute Gasteiger partial charge is 0.448 e. The van der Waals surface area contributed by atoms with Crippen molar-refractivity contribution in [2.45, 2.75) is 12.5 Å². The van der Waals surface area contributed by atoms with Gasteiger partial charge in [0.05, 0.1) is 6.04 Å². The third kappa shape index (κ3) is 2.25. The molecule has 2 aromatic rings. The molecule has 1 unspecified atom stereocenters. The molecule has 5 heteroatoms. The van der Waals surface area contributed by atoms with Gasteiger partial charge < -0.3 is 15.5 Å². The number of hydrogen-bond donors (Lipinski definition) is 2. The maximum absolute atomic E-state index is 11.8. The standard InChI is InChI=1S/C14H13ClN2O2/c15-12-4-3-11(19-12)13(16)9-2-1-8-5-6-17-14(18)10(8)7-9/h1-4,7,13H,5-6,16H2,(H,17,18). The van der Waals surface area contributed by atoms with E-state index >= 15 is 0 Å². The summed E-state index contributed by atoms with van der Waals surface area (Å²) in [7, 11) is 0. The van der Waals surface area contributed by atoms with Crippen LogP contribution >= 0.6 is 11.6 Å². The van der Waals surface area contributed by atoms with Crippen molar-refractivity contribution in [1.29, 1.82) is 0 Å². The van der Waals surface area contributed by atoms with Gasteiger partial charge in [0.25, 0.3) is 5.91 Å². The van der Waals surface area contributed by atoms with Crippen LogP contribution in [0.3, 0.4) is 0 Å². The molecule has 0 bridgehead atoms. The van der Waals surface area contributed by atoms with Crippen LogP contribution in [0, 0.1) is 0 Å². The molecular formula is C14H13ClN2O2. The minimum absolute atomic E-state index is 0.0484. The maximum atomic E-state index is 11.8. The summed E-state index contributed by atoms with van der Waals surface area (Å²) < 4.78 is 5.31. The highest BCUT2D eigenvalue weighted by Crippen LogP contribution is 2.26. The predicted octanol–water partition coefficient (Wildman–Crippen LogP) is 2.27. The molecule has 19 heavy (non-hydrogen) atoms. The zero-order valence-corrected chi connectivity index (χ0v) is 10.9. The first kappa shape index (κ1) is 12.3. The molecular weight excluding hydrogens is 264 g/mol. The molecule has 1 aliphatic heterocycles. The van der Waals surface area contributed by atoms with E-state index in [0.717, 1.165) is 17.5 Å². The smallest absolute Gasteiger partial charge is 0.251 e. The Hall–Kier alpha value is -1.78. The summed E-state index contributed by atoms with van der Waals surface area (Å²) in [6.07, 6.45) is 0.850. The van der Waals surface area contributed by atoms with Gasteiger partial charge in [-0.2, -0.15) is 0 Å². The number of nitrogens with two attached hydrogens (primary N) is 1. The number of hydrogen-bond acceptors (Lipinski definition) is 3. The summed E-state index contributed by atoms with van der Waals surface area (Å²) in [5, 5.41) is 3.13. The Morgan fingerprint density at radius 2 is 2.16 bits per heavy atom. The van der Waals surface area contributed by atoms with Crippen molar-refractivity contribution in [3.05, 3.63) is 58.0 Å². The summed E-state index contributed by atoms with van der Waals surface area (Å²) in [6.45, 7) is 0.686. The third-order valence-corrected chi connectivity index (χ3v) is 3.52. The molecule has 1 aromatic carbocycles. The van der Waals surface area contributed by atoms with Crippen molar-refractivity contribution in [3.8, 4) is 0 Å². The Balaban J connectivity index is 1.97. The number of halogens is 1. The highest BCUT2D eigenvalue weighted by molar-refractivity contribution is 6.28. The summed E-state index contributed by atoms with van der Waals surface area (Å²) in [5.74, 6) is 0.536. The van der Waals surface area contributed by atoms with Crippen LogP contribution in [0.5, 0.6) is 0 Å². The highest BCUT2D eigenvalue weighted by Gasteiger charge is 2.20. The van der Waals surface area contributed by atoms with Crippen LogP contribution in [0.15, 0.2) is 34.7 Å². The van der Waals surface area contributed by atoms with Gasteiger partial charge in [0, 0.05) is 12.1 Å². The lowest BCUT2D eigenvalue weighted by atomic mass is 9.95. The molecule has 4 nitrogen and oxygen atoms in total. The van der Waals surface area contributed by atoms with Gasteiger partial charge in [-0.05, 0) is 47.3 Å². The number of rotatable bonds is 2. The first-order chi connectivity index (χ1) is 9.15. The van der Waals surface area contributed by atoms with Gasteiger partial charge in [0.2, 0.25) is 0 Å². The second-order valence-corrected chi connectivity index (χ2v) is 4.91. The normalized spacial score (nSPS) is 15.8. The van der Waals surface area contributed by atoms with Crippen molar-refractivity contribution in [2.75, 3.05) is 6.54 Å². The van der Waals surface area contributed by atoms with Crippen LogP contribution in [0.4, 0.5) is 0 Å². The minimum atomic E-state index is -0.424. The molecule has 0 saturated heterocycles. The van der Waals surface area contributed by atoms with Gasteiger partial charge in [0.15, 0.2) is 5.22 Å². The quantitative estimate of drug-likeness (QED) is 0.884. The zero-order chi connectivity index (χ0) is 13.4. The zero-order valence-electron chi connectivity index (χ0n) is 10.2. The Bertz CT molecular complexity index is 636. The van der Waals surface area contributed by atoms with E-state index in [9.17, 15) is 4.79 Å². The number of benzene rings is 1. The third-order valence-electron chi connectivity index (χ3n) is 3.32. The predicted molar refractivity (Wildman–Crippen MR) is 72.2 cm³/mol. The van der Waals surface area contributed by atoms with Crippen LogP contribution in [0.25, 0.3) is 0 Å². The molecule has 1 aromatic heterocycles. The summed E-state index contributed by atoms with van der Waals surface area (Å²) in [5.41, 5.74) is 8.70. The van der Waals surface area contributed by atoms with Gasteiger partial charge in [-0.3, -0.25) is 4.79 Å². The topological polar surface area (TPSA) is 68.3 Å². The number of furan rings is 1. The number of amides is 1. The van der Waals surface area contributed by atoms with Crippen molar-refractivity contribution in [2.24, 2.45) is 5.73 Å². The van der Waals surface area contributed by atoms with Gasteiger partial charge in [-0.1, -0.05) is 12.1 Å². The number of carbonyl (C=O) groups excluding carboxylic acids is 1. The lowest BCUT2D eigenvalue weighted by Crippen LogP contribution is -2.32. The fraction of sp³-hybridized carbons (Fsp3) is 0.214. The van der Waals surface area contributed by atoms with E-state index in [2.05, 4.69) is 5.32 Å². The average Bonchev–Trinajstić information content (AvgIpc) is 2.85. The molecule has 2 heterocycles. The average molecular weight is 277 g/mol. The molecule has 0 aliphatic carbocycles. The fourth-order valence-corrected chi connectivity index (χ4v) is 2.43. The number of carbonyl (C=O) groups is 1. The lowest BCUT2D eigenvalue weighted by molar-refractivity contribution is 0.0946. The van der Waals surface area contributed by atoms with E-state index in [1.165, 1.54) is 0 Å². The molecule has 0 fully saturated rings. The Kier molecular flexibility index (Phi) is 3.05. The number of nitrogens with one attached hydrogen (secondary N) is 1. The molecule has 0 saturated carbocycles. The highest BCUT2D eigenvalue weighted by atomic mass is 35.5. The molecule has 98 valence electrons. The van der Waals surface area contributed by atoms with Crippen LogP contribution < -0.4 is 11.1 Å². The molecule has 3 rings (SSSR count). The second kappa shape index (κ2) is 4.72. The van der Waals surface area contributed by atoms with Crippen LogP contribution in [-0.2, 0) is 6.42 Å². The summed E-state index contributed by atoms with van der Waals surface area (Å²) in [4.78, 5) is 11.8. The van der Waals surface area contributed by atoms with Crippen molar-refractivity contribution >= 4 is 17.5 Å². The van der Waals surface area contributed by atoms with Gasteiger partial charge in [-0.15, -0.1) is 0 Å². The van der Waals surface area contributed by atoms with E-state index in [1.807, 2.05) is 18.2 Å². The fourth-order valence-electron chi connectivity index (χ4n) is 2.28. The summed E-state index contributed by atoms with van der Waals surface area (Å²) in [6, 6.07) is 8.68. The second-order valence-electron chi connectivity index (χ2n) is 4.54. The molecule has 1 atom stereocenters. The first-order valence-electron chi connectivity index (χ1n) is 6.07.